The second kappa shape index (κ2) is 5.27. The van der Waals surface area contributed by atoms with E-state index >= 15 is 0 Å². The lowest BCUT2D eigenvalue weighted by Gasteiger charge is -2.11. The zero-order valence-electron chi connectivity index (χ0n) is 8.93. The third-order valence-electron chi connectivity index (χ3n) is 2.51. The highest BCUT2D eigenvalue weighted by Crippen LogP contribution is 2.22. The summed E-state index contributed by atoms with van der Waals surface area (Å²) in [5, 5.41) is 0. The molecule has 0 aliphatic carbocycles. The Morgan fingerprint density at radius 1 is 0.867 bits per heavy atom. The molecule has 0 fully saturated rings. The fraction of sp³-hybridized carbons (Fsp3) is 0.154. The standard InChI is InChI=1S/C13H13N.H3N/c1-11(12-5-3-2-4-6-12)13-7-9-14-10-8-13;/h2-11H,1H3;1H3. The van der Waals surface area contributed by atoms with Crippen LogP contribution in [0.3, 0.4) is 0 Å². The Hall–Kier alpha value is -1.67. The second-order valence-electron chi connectivity index (χ2n) is 3.41. The number of benzene rings is 1. The topological polar surface area (TPSA) is 47.9 Å². The fourth-order valence-electron chi connectivity index (χ4n) is 1.59. The third-order valence-corrected chi connectivity index (χ3v) is 2.51. The maximum atomic E-state index is 4.02. The normalized spacial score (nSPS) is 11.5. The van der Waals surface area contributed by atoms with Crippen LogP contribution in [0.25, 0.3) is 0 Å². The summed E-state index contributed by atoms with van der Waals surface area (Å²) >= 11 is 0. The van der Waals surface area contributed by atoms with Crippen molar-refractivity contribution in [3.8, 4) is 0 Å². The lowest BCUT2D eigenvalue weighted by Crippen LogP contribution is -1.95. The first-order valence-corrected chi connectivity index (χ1v) is 4.83. The number of rotatable bonds is 2. The molecule has 3 N–H and O–H groups in total. The van der Waals surface area contributed by atoms with Crippen LogP contribution in [-0.4, -0.2) is 4.98 Å². The molecule has 78 valence electrons. The van der Waals surface area contributed by atoms with Crippen LogP contribution >= 0.6 is 0 Å². The molecule has 0 bridgehead atoms. The van der Waals surface area contributed by atoms with E-state index < -0.39 is 0 Å². The number of hydrogen-bond acceptors (Lipinski definition) is 2. The van der Waals surface area contributed by atoms with Crippen molar-refractivity contribution in [2.45, 2.75) is 12.8 Å². The summed E-state index contributed by atoms with van der Waals surface area (Å²) in [6, 6.07) is 14.6. The van der Waals surface area contributed by atoms with Gasteiger partial charge in [-0.05, 0) is 23.3 Å². The summed E-state index contributed by atoms with van der Waals surface area (Å²) in [5.74, 6) is 0.444. The molecule has 2 aromatic rings. The van der Waals surface area contributed by atoms with Gasteiger partial charge in [0.2, 0.25) is 0 Å². The predicted molar refractivity (Wildman–Crippen MR) is 63.2 cm³/mol. The van der Waals surface area contributed by atoms with Gasteiger partial charge in [-0.25, -0.2) is 0 Å². The van der Waals surface area contributed by atoms with E-state index in [0.717, 1.165) is 0 Å². The van der Waals surface area contributed by atoms with Crippen LogP contribution in [0, 0.1) is 0 Å². The monoisotopic (exact) mass is 200 g/mol. The van der Waals surface area contributed by atoms with Gasteiger partial charge < -0.3 is 6.15 Å². The highest BCUT2D eigenvalue weighted by molar-refractivity contribution is 5.29. The van der Waals surface area contributed by atoms with Crippen LogP contribution < -0.4 is 6.15 Å². The Balaban J connectivity index is 0.00000112. The quantitative estimate of drug-likeness (QED) is 0.807. The summed E-state index contributed by atoms with van der Waals surface area (Å²) in [6.45, 7) is 2.21. The molecule has 1 aromatic carbocycles. The Morgan fingerprint density at radius 2 is 1.40 bits per heavy atom. The number of hydrogen-bond donors (Lipinski definition) is 1. The van der Waals surface area contributed by atoms with E-state index in [0.29, 0.717) is 5.92 Å². The van der Waals surface area contributed by atoms with Gasteiger partial charge in [-0.2, -0.15) is 0 Å². The van der Waals surface area contributed by atoms with Crippen LogP contribution in [0.5, 0.6) is 0 Å². The van der Waals surface area contributed by atoms with Crippen molar-refractivity contribution in [1.29, 1.82) is 0 Å². The zero-order chi connectivity index (χ0) is 9.80. The van der Waals surface area contributed by atoms with Gasteiger partial charge in [0.05, 0.1) is 0 Å². The van der Waals surface area contributed by atoms with Crippen LogP contribution in [0.15, 0.2) is 54.9 Å². The lowest BCUT2D eigenvalue weighted by molar-refractivity contribution is 0.917. The van der Waals surface area contributed by atoms with Crippen LogP contribution in [0.2, 0.25) is 0 Å². The molecule has 1 heterocycles. The molecule has 0 saturated carbocycles. The minimum absolute atomic E-state index is 0. The van der Waals surface area contributed by atoms with E-state index in [1.165, 1.54) is 11.1 Å². The molecular weight excluding hydrogens is 184 g/mol. The SMILES string of the molecule is CC(c1ccccc1)c1ccncc1.N. The minimum Gasteiger partial charge on any atom is -0.344 e. The molecule has 15 heavy (non-hydrogen) atoms. The highest BCUT2D eigenvalue weighted by Gasteiger charge is 2.06. The predicted octanol–water partition coefficient (Wildman–Crippen LogP) is 3.40. The van der Waals surface area contributed by atoms with Crippen LogP contribution in [-0.2, 0) is 0 Å². The van der Waals surface area contributed by atoms with Crippen molar-refractivity contribution in [2.24, 2.45) is 0 Å². The summed E-state index contributed by atoms with van der Waals surface area (Å²) in [5.41, 5.74) is 2.66. The van der Waals surface area contributed by atoms with Crippen molar-refractivity contribution in [1.82, 2.24) is 11.1 Å². The minimum atomic E-state index is 0. The maximum absolute atomic E-state index is 4.02. The molecule has 0 amide bonds. The molecule has 0 radical (unpaired) electrons. The van der Waals surface area contributed by atoms with Gasteiger partial charge in [0.15, 0.2) is 0 Å². The number of aromatic nitrogens is 1. The summed E-state index contributed by atoms with van der Waals surface area (Å²) < 4.78 is 0. The largest absolute Gasteiger partial charge is 0.344 e. The fourth-order valence-corrected chi connectivity index (χ4v) is 1.59. The van der Waals surface area contributed by atoms with Crippen molar-refractivity contribution < 1.29 is 0 Å². The van der Waals surface area contributed by atoms with E-state index in [2.05, 4.69) is 48.3 Å². The van der Waals surface area contributed by atoms with E-state index in [1.54, 1.807) is 0 Å². The molecule has 2 heteroatoms. The average Bonchev–Trinajstić information content (AvgIpc) is 2.30. The third kappa shape index (κ3) is 2.64. The van der Waals surface area contributed by atoms with Crippen molar-refractivity contribution in [3.63, 3.8) is 0 Å². The van der Waals surface area contributed by atoms with Crippen molar-refractivity contribution >= 4 is 0 Å². The summed E-state index contributed by atoms with van der Waals surface area (Å²) in [4.78, 5) is 4.02. The molecule has 2 rings (SSSR count). The molecule has 0 saturated heterocycles. The average molecular weight is 200 g/mol. The summed E-state index contributed by atoms with van der Waals surface area (Å²) in [6.07, 6.45) is 3.68. The van der Waals surface area contributed by atoms with Gasteiger partial charge in [-0.15, -0.1) is 0 Å². The Bertz CT molecular complexity index is 344. The van der Waals surface area contributed by atoms with Gasteiger partial charge in [0.25, 0.3) is 0 Å². The van der Waals surface area contributed by atoms with E-state index in [-0.39, 0.29) is 6.15 Å². The first-order chi connectivity index (χ1) is 6.88. The van der Waals surface area contributed by atoms with Gasteiger partial charge in [-0.1, -0.05) is 37.3 Å². The number of pyridine rings is 1. The van der Waals surface area contributed by atoms with Crippen molar-refractivity contribution in [2.75, 3.05) is 0 Å². The molecule has 0 aliphatic heterocycles. The van der Waals surface area contributed by atoms with Crippen LogP contribution in [0.1, 0.15) is 24.0 Å². The van der Waals surface area contributed by atoms with Gasteiger partial charge in [0, 0.05) is 18.3 Å². The lowest BCUT2D eigenvalue weighted by atomic mass is 9.94. The smallest absolute Gasteiger partial charge is 0.0270 e. The molecule has 0 spiro atoms. The Kier molecular flexibility index (Phi) is 4.01. The first-order valence-electron chi connectivity index (χ1n) is 4.83. The summed E-state index contributed by atoms with van der Waals surface area (Å²) in [7, 11) is 0. The van der Waals surface area contributed by atoms with Crippen LogP contribution in [0.4, 0.5) is 0 Å². The van der Waals surface area contributed by atoms with Gasteiger partial charge in [0.1, 0.15) is 0 Å². The maximum Gasteiger partial charge on any atom is 0.0270 e. The Labute approximate surface area is 90.6 Å². The molecule has 1 atom stereocenters. The highest BCUT2D eigenvalue weighted by atomic mass is 14.6. The molecule has 0 aliphatic rings. The van der Waals surface area contributed by atoms with E-state index in [1.807, 2.05) is 18.5 Å². The zero-order valence-corrected chi connectivity index (χ0v) is 8.93. The Morgan fingerprint density at radius 3 is 2.00 bits per heavy atom. The van der Waals surface area contributed by atoms with Gasteiger partial charge >= 0.3 is 0 Å². The van der Waals surface area contributed by atoms with Gasteiger partial charge in [-0.3, -0.25) is 4.98 Å². The van der Waals surface area contributed by atoms with E-state index in [9.17, 15) is 0 Å². The first kappa shape index (κ1) is 11.4. The molecule has 1 aromatic heterocycles. The molecule has 1 unspecified atom stereocenters. The van der Waals surface area contributed by atoms with Crippen molar-refractivity contribution in [3.05, 3.63) is 66.0 Å². The molecular formula is C13H16N2. The van der Waals surface area contributed by atoms with E-state index in [4.69, 9.17) is 0 Å². The number of nitrogens with zero attached hydrogens (tertiary/aromatic N) is 1. The second-order valence-corrected chi connectivity index (χ2v) is 3.41. The molecule has 2 nitrogen and oxygen atoms in total.